The molecule has 0 spiro atoms. The second kappa shape index (κ2) is 6.86. The summed E-state index contributed by atoms with van der Waals surface area (Å²) in [5, 5.41) is 13.7. The van der Waals surface area contributed by atoms with E-state index in [1.165, 1.54) is 0 Å². The second-order valence-corrected chi connectivity index (χ2v) is 4.52. The molecule has 1 amide bonds. The van der Waals surface area contributed by atoms with Crippen LogP contribution in [0.15, 0.2) is 0 Å². The van der Waals surface area contributed by atoms with Crippen LogP contribution in [0.1, 0.15) is 25.7 Å². The van der Waals surface area contributed by atoms with Crippen LogP contribution in [0.3, 0.4) is 0 Å². The lowest BCUT2D eigenvalue weighted by Gasteiger charge is -2.22. The monoisotopic (exact) mass is 250 g/mol. The van der Waals surface area contributed by atoms with Crippen molar-refractivity contribution in [2.75, 3.05) is 26.2 Å². The topological polar surface area (TPSA) is 61.4 Å². The molecule has 3 N–H and O–H groups in total. The summed E-state index contributed by atoms with van der Waals surface area (Å²) in [5.74, 6) is -3.07. The zero-order valence-electron chi connectivity index (χ0n) is 9.85. The summed E-state index contributed by atoms with van der Waals surface area (Å²) in [6, 6.07) is 0. The number of hydrogen-bond acceptors (Lipinski definition) is 3. The fourth-order valence-corrected chi connectivity index (χ4v) is 1.88. The van der Waals surface area contributed by atoms with Crippen molar-refractivity contribution in [2.24, 2.45) is 5.92 Å². The molecule has 0 aromatic rings. The fourth-order valence-electron chi connectivity index (χ4n) is 1.88. The Hall–Kier alpha value is -0.750. The molecule has 6 heteroatoms. The standard InChI is InChI=1S/C11H20F2N2O2/c12-11(13,8-16)7-15-10(17)2-1-9-3-5-14-6-4-9/h9,14,16H,1-8H2,(H,15,17). The number of aliphatic hydroxyl groups excluding tert-OH is 1. The van der Waals surface area contributed by atoms with E-state index in [9.17, 15) is 13.6 Å². The van der Waals surface area contributed by atoms with Gasteiger partial charge in [-0.1, -0.05) is 0 Å². The fraction of sp³-hybridized carbons (Fsp3) is 0.909. The van der Waals surface area contributed by atoms with E-state index >= 15 is 0 Å². The van der Waals surface area contributed by atoms with Gasteiger partial charge in [-0.3, -0.25) is 4.79 Å². The zero-order valence-corrected chi connectivity index (χ0v) is 9.85. The summed E-state index contributed by atoms with van der Waals surface area (Å²) in [7, 11) is 0. The van der Waals surface area contributed by atoms with Gasteiger partial charge in [-0.05, 0) is 38.3 Å². The van der Waals surface area contributed by atoms with Gasteiger partial charge in [0.1, 0.15) is 6.61 Å². The van der Waals surface area contributed by atoms with Gasteiger partial charge in [0.05, 0.1) is 6.54 Å². The molecule has 0 atom stereocenters. The third-order valence-electron chi connectivity index (χ3n) is 3.01. The van der Waals surface area contributed by atoms with Gasteiger partial charge in [0.15, 0.2) is 0 Å². The smallest absolute Gasteiger partial charge is 0.287 e. The lowest BCUT2D eigenvalue weighted by Crippen LogP contribution is -2.39. The highest BCUT2D eigenvalue weighted by Crippen LogP contribution is 2.17. The van der Waals surface area contributed by atoms with Crippen molar-refractivity contribution >= 4 is 5.91 Å². The highest BCUT2D eigenvalue weighted by atomic mass is 19.3. The lowest BCUT2D eigenvalue weighted by molar-refractivity contribution is -0.124. The van der Waals surface area contributed by atoms with Crippen molar-refractivity contribution in [3.05, 3.63) is 0 Å². The molecule has 1 saturated heterocycles. The van der Waals surface area contributed by atoms with Gasteiger partial charge in [0.25, 0.3) is 5.92 Å². The van der Waals surface area contributed by atoms with Crippen LogP contribution in [-0.4, -0.2) is 43.2 Å². The Labute approximate surface area is 99.8 Å². The van der Waals surface area contributed by atoms with Crippen LogP contribution in [0.4, 0.5) is 8.78 Å². The van der Waals surface area contributed by atoms with E-state index in [0.717, 1.165) is 32.4 Å². The van der Waals surface area contributed by atoms with Gasteiger partial charge in [-0.2, -0.15) is 0 Å². The maximum atomic E-state index is 12.6. The van der Waals surface area contributed by atoms with E-state index in [1.807, 2.05) is 0 Å². The van der Waals surface area contributed by atoms with E-state index in [-0.39, 0.29) is 12.3 Å². The quantitative estimate of drug-likeness (QED) is 0.643. The second-order valence-electron chi connectivity index (χ2n) is 4.52. The summed E-state index contributed by atoms with van der Waals surface area (Å²) < 4.78 is 25.3. The van der Waals surface area contributed by atoms with Crippen molar-refractivity contribution in [3.63, 3.8) is 0 Å². The Morgan fingerprint density at radius 1 is 1.41 bits per heavy atom. The van der Waals surface area contributed by atoms with E-state index < -0.39 is 19.1 Å². The van der Waals surface area contributed by atoms with Crippen molar-refractivity contribution in [2.45, 2.75) is 31.6 Å². The largest absolute Gasteiger partial charge is 0.390 e. The van der Waals surface area contributed by atoms with Crippen LogP contribution >= 0.6 is 0 Å². The predicted octanol–water partition coefficient (Wildman–Crippen LogP) is 0.510. The molecule has 1 aliphatic heterocycles. The summed E-state index contributed by atoms with van der Waals surface area (Å²) in [6.07, 6.45) is 3.12. The van der Waals surface area contributed by atoms with Crippen LogP contribution in [0.5, 0.6) is 0 Å². The Balaban J connectivity index is 2.12. The molecular weight excluding hydrogens is 230 g/mol. The number of piperidine rings is 1. The molecule has 1 rings (SSSR count). The Morgan fingerprint density at radius 2 is 2.06 bits per heavy atom. The summed E-state index contributed by atoms with van der Waals surface area (Å²) in [6.45, 7) is -0.0835. The van der Waals surface area contributed by atoms with Gasteiger partial charge < -0.3 is 15.7 Å². The number of nitrogens with one attached hydrogen (secondary N) is 2. The predicted molar refractivity (Wildman–Crippen MR) is 59.9 cm³/mol. The Morgan fingerprint density at radius 3 is 2.65 bits per heavy atom. The average Bonchev–Trinajstić information content (AvgIpc) is 2.35. The summed E-state index contributed by atoms with van der Waals surface area (Å²) in [4.78, 5) is 11.3. The Bertz CT molecular complexity index is 244. The molecule has 17 heavy (non-hydrogen) atoms. The molecule has 1 fully saturated rings. The SMILES string of the molecule is O=C(CCC1CCNCC1)NCC(F)(F)CO. The Kier molecular flexibility index (Phi) is 5.77. The van der Waals surface area contributed by atoms with E-state index in [2.05, 4.69) is 10.6 Å². The van der Waals surface area contributed by atoms with Crippen LogP contribution in [0.25, 0.3) is 0 Å². The van der Waals surface area contributed by atoms with Gasteiger partial charge in [0, 0.05) is 6.42 Å². The molecule has 0 unspecified atom stereocenters. The normalized spacial score (nSPS) is 18.1. The number of halogens is 2. The first-order valence-corrected chi connectivity index (χ1v) is 5.99. The molecule has 0 radical (unpaired) electrons. The molecule has 4 nitrogen and oxygen atoms in total. The van der Waals surface area contributed by atoms with Crippen LogP contribution in [0, 0.1) is 5.92 Å². The van der Waals surface area contributed by atoms with Crippen molar-refractivity contribution in [1.82, 2.24) is 10.6 Å². The molecule has 1 aliphatic rings. The minimum absolute atomic E-state index is 0.284. The third kappa shape index (κ3) is 5.93. The molecule has 0 bridgehead atoms. The number of amides is 1. The minimum atomic E-state index is -3.22. The molecule has 0 aromatic carbocycles. The first kappa shape index (κ1) is 14.3. The van der Waals surface area contributed by atoms with E-state index in [4.69, 9.17) is 5.11 Å². The molecule has 1 heterocycles. The van der Waals surface area contributed by atoms with Crippen LogP contribution in [0.2, 0.25) is 0 Å². The maximum Gasteiger partial charge on any atom is 0.287 e. The number of hydrogen-bond donors (Lipinski definition) is 3. The molecular formula is C11H20F2N2O2. The highest BCUT2D eigenvalue weighted by Gasteiger charge is 2.28. The number of aliphatic hydroxyl groups is 1. The third-order valence-corrected chi connectivity index (χ3v) is 3.01. The number of carbonyl (C=O) groups excluding carboxylic acids is 1. The van der Waals surface area contributed by atoms with Crippen molar-refractivity contribution in [3.8, 4) is 0 Å². The summed E-state index contributed by atoms with van der Waals surface area (Å²) in [5.41, 5.74) is 0. The summed E-state index contributed by atoms with van der Waals surface area (Å²) >= 11 is 0. The molecule has 0 aromatic heterocycles. The van der Waals surface area contributed by atoms with Crippen LogP contribution < -0.4 is 10.6 Å². The maximum absolute atomic E-state index is 12.6. The van der Waals surface area contributed by atoms with E-state index in [0.29, 0.717) is 5.92 Å². The zero-order chi connectivity index (χ0) is 12.7. The molecule has 100 valence electrons. The number of rotatable bonds is 6. The highest BCUT2D eigenvalue weighted by molar-refractivity contribution is 5.75. The number of alkyl halides is 2. The van der Waals surface area contributed by atoms with Gasteiger partial charge in [0.2, 0.25) is 5.91 Å². The van der Waals surface area contributed by atoms with Crippen LogP contribution in [-0.2, 0) is 4.79 Å². The van der Waals surface area contributed by atoms with Crippen molar-refractivity contribution < 1.29 is 18.7 Å². The van der Waals surface area contributed by atoms with Crippen molar-refractivity contribution in [1.29, 1.82) is 0 Å². The van der Waals surface area contributed by atoms with E-state index in [1.54, 1.807) is 0 Å². The first-order chi connectivity index (χ1) is 8.03. The lowest BCUT2D eigenvalue weighted by atomic mass is 9.93. The van der Waals surface area contributed by atoms with Gasteiger partial charge in [-0.25, -0.2) is 8.78 Å². The minimum Gasteiger partial charge on any atom is -0.390 e. The molecule has 0 saturated carbocycles. The van der Waals surface area contributed by atoms with Gasteiger partial charge in [-0.15, -0.1) is 0 Å². The average molecular weight is 250 g/mol. The first-order valence-electron chi connectivity index (χ1n) is 5.99. The molecule has 0 aliphatic carbocycles. The number of carbonyl (C=O) groups is 1. The van der Waals surface area contributed by atoms with Gasteiger partial charge >= 0.3 is 0 Å².